The van der Waals surface area contributed by atoms with Gasteiger partial charge in [-0.25, -0.2) is 4.39 Å². The Bertz CT molecular complexity index is 1050. The molecule has 0 aliphatic heterocycles. The minimum atomic E-state index is -4.80. The third-order valence-corrected chi connectivity index (χ3v) is 5.50. The Balaban J connectivity index is 1.58. The van der Waals surface area contributed by atoms with Gasteiger partial charge in [0.05, 0.1) is 5.69 Å². The van der Waals surface area contributed by atoms with Crippen LogP contribution in [0.4, 0.5) is 17.6 Å². The van der Waals surface area contributed by atoms with Crippen molar-refractivity contribution in [1.82, 2.24) is 25.5 Å². The number of hydrogen-bond acceptors (Lipinski definition) is 6. The molecule has 1 amide bonds. The highest BCUT2D eigenvalue weighted by atomic mass is 32.2. The van der Waals surface area contributed by atoms with Crippen molar-refractivity contribution in [2.75, 3.05) is 0 Å². The van der Waals surface area contributed by atoms with E-state index in [1.54, 1.807) is 0 Å². The first-order chi connectivity index (χ1) is 14.8. The molecule has 2 aromatic carbocycles. The van der Waals surface area contributed by atoms with Gasteiger partial charge in [0, 0.05) is 6.04 Å². The number of carbonyl (C=O) groups is 1. The molecular weight excluding hydrogens is 438 g/mol. The number of hydrogen-bond donors (Lipinski definition) is 1. The first kappa shape index (κ1) is 21.1. The summed E-state index contributed by atoms with van der Waals surface area (Å²) in [5.41, 5.74) is 0.940. The van der Waals surface area contributed by atoms with Gasteiger partial charge in [0.25, 0.3) is 0 Å². The van der Waals surface area contributed by atoms with E-state index in [1.165, 1.54) is 41.1 Å². The van der Waals surface area contributed by atoms with Gasteiger partial charge in [0.1, 0.15) is 16.8 Å². The van der Waals surface area contributed by atoms with Crippen LogP contribution in [0.25, 0.3) is 5.69 Å². The van der Waals surface area contributed by atoms with E-state index in [-0.39, 0.29) is 22.9 Å². The minimum Gasteiger partial charge on any atom is -0.406 e. The fraction of sp³-hybridized carbons (Fsp3) is 0.263. The molecular formula is C19H15F4N5O2S. The summed E-state index contributed by atoms with van der Waals surface area (Å²) in [6.45, 7) is 0. The van der Waals surface area contributed by atoms with Crippen molar-refractivity contribution >= 4 is 17.7 Å². The second-order valence-corrected chi connectivity index (χ2v) is 7.82. The summed E-state index contributed by atoms with van der Waals surface area (Å²) < 4.78 is 55.6. The lowest BCUT2D eigenvalue weighted by Crippen LogP contribution is -2.30. The van der Waals surface area contributed by atoms with Crippen LogP contribution in [0.3, 0.4) is 0 Å². The number of carbonyl (C=O) groups excluding carboxylic acids is 1. The van der Waals surface area contributed by atoms with E-state index < -0.39 is 17.4 Å². The zero-order valence-corrected chi connectivity index (χ0v) is 16.5. The number of tetrazole rings is 1. The summed E-state index contributed by atoms with van der Waals surface area (Å²) in [4.78, 5) is 12.8. The van der Waals surface area contributed by atoms with E-state index >= 15 is 0 Å². The van der Waals surface area contributed by atoms with Gasteiger partial charge in [-0.15, -0.1) is 18.3 Å². The van der Waals surface area contributed by atoms with Crippen molar-refractivity contribution in [3.63, 3.8) is 0 Å². The summed E-state index contributed by atoms with van der Waals surface area (Å²) in [5.74, 6) is -1.07. The molecule has 0 bridgehead atoms. The number of nitrogens with one attached hydrogen (secondary N) is 1. The zero-order chi connectivity index (χ0) is 22.0. The minimum absolute atomic E-state index is 0.119. The van der Waals surface area contributed by atoms with Crippen LogP contribution in [0.2, 0.25) is 0 Å². The largest absolute Gasteiger partial charge is 0.573 e. The normalized spacial score (nSPS) is 14.8. The van der Waals surface area contributed by atoms with E-state index in [4.69, 9.17) is 0 Å². The Morgan fingerprint density at radius 1 is 1.13 bits per heavy atom. The smallest absolute Gasteiger partial charge is 0.406 e. The monoisotopic (exact) mass is 453 g/mol. The predicted molar refractivity (Wildman–Crippen MR) is 102 cm³/mol. The molecule has 162 valence electrons. The molecule has 1 atom stereocenters. The highest BCUT2D eigenvalue weighted by molar-refractivity contribution is 8.00. The molecule has 1 aliphatic rings. The molecule has 1 aliphatic carbocycles. The molecule has 7 nitrogen and oxygen atoms in total. The Morgan fingerprint density at radius 2 is 1.81 bits per heavy atom. The standard InChI is InChI=1S/C19H15F4N5O2S/c20-12-3-1-11(2-4-12)16(17(29)24-13-5-6-13)31-18-25-26-27-28(18)14-7-9-15(10-8-14)30-19(21,22)23/h1-4,7-10,13,16H,5-6H2,(H,24,29). The number of aromatic nitrogens is 4. The van der Waals surface area contributed by atoms with Crippen LogP contribution in [-0.2, 0) is 4.79 Å². The van der Waals surface area contributed by atoms with E-state index in [0.29, 0.717) is 11.3 Å². The SMILES string of the molecule is O=C(NC1CC1)C(Sc1nnnn1-c1ccc(OC(F)(F)F)cc1)c1ccc(F)cc1. The molecule has 1 N–H and O–H groups in total. The number of nitrogens with zero attached hydrogens (tertiary/aromatic N) is 4. The summed E-state index contributed by atoms with van der Waals surface area (Å²) >= 11 is 1.05. The number of benzene rings is 2. The van der Waals surface area contributed by atoms with E-state index in [0.717, 1.165) is 36.7 Å². The van der Waals surface area contributed by atoms with Crippen LogP contribution in [0.15, 0.2) is 53.7 Å². The molecule has 31 heavy (non-hydrogen) atoms. The van der Waals surface area contributed by atoms with Crippen LogP contribution < -0.4 is 10.1 Å². The maximum Gasteiger partial charge on any atom is 0.573 e. The van der Waals surface area contributed by atoms with E-state index in [9.17, 15) is 22.4 Å². The third kappa shape index (κ3) is 5.51. The lowest BCUT2D eigenvalue weighted by atomic mass is 10.1. The highest BCUT2D eigenvalue weighted by Gasteiger charge is 2.32. The van der Waals surface area contributed by atoms with Crippen molar-refractivity contribution in [1.29, 1.82) is 0 Å². The van der Waals surface area contributed by atoms with Crippen LogP contribution >= 0.6 is 11.8 Å². The Hall–Kier alpha value is -3.15. The maximum atomic E-state index is 13.3. The number of thioether (sulfide) groups is 1. The van der Waals surface area contributed by atoms with Gasteiger partial charge < -0.3 is 10.1 Å². The van der Waals surface area contributed by atoms with Crippen molar-refractivity contribution < 1.29 is 27.1 Å². The fourth-order valence-corrected chi connectivity index (χ4v) is 3.73. The molecule has 1 aromatic heterocycles. The lowest BCUT2D eigenvalue weighted by molar-refractivity contribution is -0.274. The summed E-state index contributed by atoms with van der Waals surface area (Å²) in [5, 5.41) is 13.8. The summed E-state index contributed by atoms with van der Waals surface area (Å²) in [6.07, 6.45) is -3.00. The molecule has 1 unspecified atom stereocenters. The zero-order valence-electron chi connectivity index (χ0n) is 15.7. The third-order valence-electron chi connectivity index (χ3n) is 4.31. The van der Waals surface area contributed by atoms with Crippen LogP contribution in [-0.4, -0.2) is 38.5 Å². The Kier molecular flexibility index (Phi) is 5.81. The van der Waals surface area contributed by atoms with Gasteiger partial charge in [0.2, 0.25) is 11.1 Å². The average Bonchev–Trinajstić information content (AvgIpc) is 3.40. The molecule has 1 saturated carbocycles. The second kappa shape index (κ2) is 8.53. The topological polar surface area (TPSA) is 81.9 Å². The Morgan fingerprint density at radius 3 is 2.42 bits per heavy atom. The maximum absolute atomic E-state index is 13.3. The molecule has 0 radical (unpaired) electrons. The van der Waals surface area contributed by atoms with E-state index in [2.05, 4.69) is 25.6 Å². The van der Waals surface area contributed by atoms with Crippen molar-refractivity contribution in [2.24, 2.45) is 0 Å². The van der Waals surface area contributed by atoms with Crippen LogP contribution in [0.1, 0.15) is 23.7 Å². The Labute approximate surface area is 177 Å². The van der Waals surface area contributed by atoms with Gasteiger partial charge in [-0.2, -0.15) is 4.68 Å². The predicted octanol–water partition coefficient (Wildman–Crippen LogP) is 3.81. The first-order valence-electron chi connectivity index (χ1n) is 9.15. The average molecular weight is 453 g/mol. The second-order valence-electron chi connectivity index (χ2n) is 6.75. The van der Waals surface area contributed by atoms with Crippen molar-refractivity contribution in [3.8, 4) is 11.4 Å². The molecule has 0 spiro atoms. The number of alkyl halides is 3. The van der Waals surface area contributed by atoms with Crippen LogP contribution in [0.5, 0.6) is 5.75 Å². The fourth-order valence-electron chi connectivity index (χ4n) is 2.72. The highest BCUT2D eigenvalue weighted by Crippen LogP contribution is 2.36. The lowest BCUT2D eigenvalue weighted by Gasteiger charge is -2.16. The number of rotatable bonds is 7. The molecule has 1 fully saturated rings. The first-order valence-corrected chi connectivity index (χ1v) is 10.0. The molecule has 12 heteroatoms. The molecule has 1 heterocycles. The number of halogens is 4. The molecule has 3 aromatic rings. The number of amides is 1. The van der Waals surface area contributed by atoms with E-state index in [1.807, 2.05) is 0 Å². The number of ether oxygens (including phenoxy) is 1. The summed E-state index contributed by atoms with van der Waals surface area (Å²) in [6, 6.07) is 10.6. The summed E-state index contributed by atoms with van der Waals surface area (Å²) in [7, 11) is 0. The quantitative estimate of drug-likeness (QED) is 0.433. The van der Waals surface area contributed by atoms with Gasteiger partial charge in [-0.05, 0) is 65.2 Å². The van der Waals surface area contributed by atoms with Gasteiger partial charge in [0.15, 0.2) is 0 Å². The van der Waals surface area contributed by atoms with Gasteiger partial charge in [-0.3, -0.25) is 4.79 Å². The van der Waals surface area contributed by atoms with Crippen LogP contribution in [0, 0.1) is 5.82 Å². The van der Waals surface area contributed by atoms with Gasteiger partial charge in [-0.1, -0.05) is 23.9 Å². The molecule has 4 rings (SSSR count). The van der Waals surface area contributed by atoms with Crippen molar-refractivity contribution in [3.05, 3.63) is 59.9 Å². The van der Waals surface area contributed by atoms with Crippen molar-refractivity contribution in [2.45, 2.75) is 35.7 Å². The molecule has 0 saturated heterocycles. The van der Waals surface area contributed by atoms with Gasteiger partial charge >= 0.3 is 6.36 Å².